The molecular weight excluding hydrogens is 863 g/mol. The number of ether oxygens (including phenoxy) is 2. The van der Waals surface area contributed by atoms with Crippen LogP contribution in [-0.4, -0.2) is 67.4 Å². The number of methoxy groups -OCH3 is 2. The largest absolute Gasteiger partial charge is 0.465 e. The van der Waals surface area contributed by atoms with E-state index in [0.29, 0.717) is 45.1 Å². The van der Waals surface area contributed by atoms with Crippen LogP contribution in [0.1, 0.15) is 31.8 Å². The van der Waals surface area contributed by atoms with E-state index in [-0.39, 0.29) is 22.9 Å². The maximum atomic E-state index is 12.1. The molecule has 0 saturated carbocycles. The quantitative estimate of drug-likeness (QED) is 0.0853. The molecular formula is C46H42BBrN2O8S2. The van der Waals surface area contributed by atoms with Gasteiger partial charge in [0.05, 0.1) is 25.3 Å². The number of thioether (sulfide) groups is 2. The highest BCUT2D eigenvalue weighted by molar-refractivity contribution is 9.10. The molecule has 8 aromatic rings. The second-order valence-electron chi connectivity index (χ2n) is 12.7. The van der Waals surface area contributed by atoms with Gasteiger partial charge < -0.3 is 29.3 Å². The minimum Gasteiger partial charge on any atom is -0.465 e. The number of fused-ring (bicyclic) bond motifs is 2. The first kappa shape index (κ1) is 47.0. The summed E-state index contributed by atoms with van der Waals surface area (Å²) in [6.45, 7) is 4.07. The number of nitrogens with zero attached hydrogens (tertiary/aromatic N) is 2. The number of hydrogen-bond acceptors (Lipinski definition) is 10. The molecule has 0 amide bonds. The molecule has 0 bridgehead atoms. The van der Waals surface area contributed by atoms with Crippen LogP contribution in [0.15, 0.2) is 144 Å². The lowest BCUT2D eigenvalue weighted by Crippen LogP contribution is -2.02. The number of carbonyl (C=O) groups is 2. The van der Waals surface area contributed by atoms with E-state index in [1.54, 1.807) is 12.1 Å². The van der Waals surface area contributed by atoms with Crippen molar-refractivity contribution in [2.45, 2.75) is 23.6 Å². The van der Waals surface area contributed by atoms with E-state index >= 15 is 0 Å². The van der Waals surface area contributed by atoms with Gasteiger partial charge in [-0.15, -0.1) is 23.5 Å². The molecule has 2 heterocycles. The molecule has 306 valence electrons. The summed E-state index contributed by atoms with van der Waals surface area (Å²) < 4.78 is 22.7. The molecule has 8 rings (SSSR count). The molecule has 0 saturated heterocycles. The average molecular weight is 906 g/mol. The molecule has 0 unspecified atom stereocenters. The average Bonchev–Trinajstić information content (AvgIpc) is 3.87. The molecule has 2 radical (unpaired) electrons. The zero-order valence-electron chi connectivity index (χ0n) is 33.7. The Bertz CT molecular complexity index is 2730. The minimum atomic E-state index is -0.377. The van der Waals surface area contributed by atoms with E-state index in [2.05, 4.69) is 51.0 Å². The predicted molar refractivity (Wildman–Crippen MR) is 247 cm³/mol. The first-order valence-corrected chi connectivity index (χ1v) is 21.2. The number of oxazole rings is 2. The second-order valence-corrected chi connectivity index (χ2v) is 15.3. The number of benzene rings is 6. The Kier molecular flexibility index (Phi) is 16.9. The van der Waals surface area contributed by atoms with Crippen LogP contribution in [0.3, 0.4) is 0 Å². The molecule has 14 heteroatoms. The molecule has 60 heavy (non-hydrogen) atoms. The maximum absolute atomic E-state index is 12.1. The topological polar surface area (TPSA) is 168 Å². The lowest BCUT2D eigenvalue weighted by Gasteiger charge is -2.09. The Hall–Kier alpha value is -5.64. The third kappa shape index (κ3) is 10.6. The molecule has 2 aromatic heterocycles. The third-order valence-corrected chi connectivity index (χ3v) is 11.6. The summed E-state index contributed by atoms with van der Waals surface area (Å²) in [5.74, 6) is 0.324. The fourth-order valence-electron chi connectivity index (χ4n) is 6.11. The minimum absolute atomic E-state index is 0. The molecule has 0 atom stereocenters. The highest BCUT2D eigenvalue weighted by atomic mass is 79.9. The predicted octanol–water partition coefficient (Wildman–Crippen LogP) is 9.88. The van der Waals surface area contributed by atoms with Gasteiger partial charge in [-0.3, -0.25) is 0 Å². The molecule has 0 fully saturated rings. The van der Waals surface area contributed by atoms with Crippen LogP contribution in [0.5, 0.6) is 0 Å². The molecule has 4 N–H and O–H groups in total. The summed E-state index contributed by atoms with van der Waals surface area (Å²) in [7, 11) is 8.11. The van der Waals surface area contributed by atoms with Gasteiger partial charge in [0.2, 0.25) is 11.8 Å². The Labute approximate surface area is 366 Å². The maximum Gasteiger partial charge on any atom is 0.339 e. The van der Waals surface area contributed by atoms with Crippen LogP contribution < -0.4 is 5.46 Å². The van der Waals surface area contributed by atoms with E-state index in [1.807, 2.05) is 110 Å². The van der Waals surface area contributed by atoms with E-state index in [9.17, 15) is 9.59 Å². The van der Waals surface area contributed by atoms with Crippen LogP contribution in [0, 0.1) is 13.8 Å². The van der Waals surface area contributed by atoms with Crippen molar-refractivity contribution < 1.29 is 38.8 Å². The Morgan fingerprint density at radius 3 is 1.47 bits per heavy atom. The summed E-state index contributed by atoms with van der Waals surface area (Å²) in [6, 6.07) is 38.8. The lowest BCUT2D eigenvalue weighted by molar-refractivity contribution is 0.0588. The molecule has 0 spiro atoms. The number of esters is 2. The van der Waals surface area contributed by atoms with Crippen molar-refractivity contribution in [2.24, 2.45) is 0 Å². The van der Waals surface area contributed by atoms with Crippen LogP contribution in [-0.2, 0) is 9.47 Å². The molecule has 6 aromatic carbocycles. The van der Waals surface area contributed by atoms with Crippen molar-refractivity contribution in [2.75, 3.05) is 26.7 Å². The Morgan fingerprint density at radius 2 is 1.03 bits per heavy atom. The van der Waals surface area contributed by atoms with Gasteiger partial charge in [0.15, 0.2) is 11.2 Å². The first-order chi connectivity index (χ1) is 28.1. The van der Waals surface area contributed by atoms with Crippen LogP contribution in [0.25, 0.3) is 56.2 Å². The van der Waals surface area contributed by atoms with Crippen LogP contribution >= 0.6 is 39.5 Å². The van der Waals surface area contributed by atoms with Gasteiger partial charge in [-0.05, 0) is 91.1 Å². The third-order valence-electron chi connectivity index (χ3n) is 9.18. The Morgan fingerprint density at radius 1 is 0.600 bits per heavy atom. The Balaban J connectivity index is 0.000000224. The first-order valence-electron chi connectivity index (χ1n) is 17.9. The van der Waals surface area contributed by atoms with E-state index < -0.39 is 0 Å². The van der Waals surface area contributed by atoms with Crippen molar-refractivity contribution in [3.05, 3.63) is 148 Å². The van der Waals surface area contributed by atoms with E-state index in [1.165, 1.54) is 37.7 Å². The number of carbonyl (C=O) groups excluding carboxylic acids is 2. The second kappa shape index (κ2) is 21.6. The zero-order chi connectivity index (χ0) is 41.3. The van der Waals surface area contributed by atoms with Gasteiger partial charge in [-0.2, -0.15) is 0 Å². The van der Waals surface area contributed by atoms with E-state index in [4.69, 9.17) is 26.2 Å². The molecule has 0 aliphatic heterocycles. The fraction of sp³-hybridized carbons (Fsp3) is 0.130. The monoisotopic (exact) mass is 904 g/mol. The van der Waals surface area contributed by atoms with Gasteiger partial charge in [0.25, 0.3) is 0 Å². The van der Waals surface area contributed by atoms with Gasteiger partial charge >= 0.3 is 11.9 Å². The number of rotatable bonds is 7. The van der Waals surface area contributed by atoms with Crippen molar-refractivity contribution in [1.29, 1.82) is 0 Å². The summed E-state index contributed by atoms with van der Waals surface area (Å²) in [5, 5.41) is 0. The summed E-state index contributed by atoms with van der Waals surface area (Å²) in [5.41, 5.74) is 10.7. The molecule has 10 nitrogen and oxygen atoms in total. The molecule has 0 aliphatic carbocycles. The van der Waals surface area contributed by atoms with E-state index in [0.717, 1.165) is 53.1 Å². The standard InChI is InChI=1S/C23H19NO3S.C17H14BrNO3S.C6H5B.2H2O/c1-14-16(15-8-5-4-6-9-15)10-7-11-17(14)22-24-19-12-18(23(25)26-2)21(28-3)13-20(19)27-22;1-9-10(5-4-6-12(9)18)16-19-13-7-11(17(20)21-2)15(23-3)8-14(13)22-16;7-6-4-2-1-3-5-6;;/h4-13H,1-3H3;4-8H,1-3H3;1-5H;2*1H2. The summed E-state index contributed by atoms with van der Waals surface area (Å²) in [4.78, 5) is 34.8. The number of halogens is 1. The fourth-order valence-corrected chi connectivity index (χ4v) is 7.65. The van der Waals surface area contributed by atoms with Crippen molar-refractivity contribution in [3.63, 3.8) is 0 Å². The zero-order valence-corrected chi connectivity index (χ0v) is 36.9. The smallest absolute Gasteiger partial charge is 0.339 e. The molecule has 0 aliphatic rings. The summed E-state index contributed by atoms with van der Waals surface area (Å²) >= 11 is 6.46. The van der Waals surface area contributed by atoms with Gasteiger partial charge in [0.1, 0.15) is 18.9 Å². The van der Waals surface area contributed by atoms with Crippen molar-refractivity contribution in [1.82, 2.24) is 9.97 Å². The lowest BCUT2D eigenvalue weighted by atomic mass is 9.96. The highest BCUT2D eigenvalue weighted by Gasteiger charge is 2.20. The summed E-state index contributed by atoms with van der Waals surface area (Å²) in [6.07, 6.45) is 3.82. The highest BCUT2D eigenvalue weighted by Crippen LogP contribution is 2.36. The number of hydrogen-bond donors (Lipinski definition) is 0. The van der Waals surface area contributed by atoms with Gasteiger partial charge in [-0.1, -0.05) is 100 Å². The van der Waals surface area contributed by atoms with Crippen LogP contribution in [0.2, 0.25) is 0 Å². The number of aromatic nitrogens is 2. The SMILES string of the molecule is COC(=O)c1cc2nc(-c3cccc(-c4ccccc4)c3C)oc2cc1SC.COC(=O)c1cc2nc(-c3cccc(Br)c3C)oc2cc1SC.O.O.[B]c1ccccc1. The van der Waals surface area contributed by atoms with Crippen molar-refractivity contribution in [3.8, 4) is 34.0 Å². The van der Waals surface area contributed by atoms with Gasteiger partial charge in [-0.25, -0.2) is 19.6 Å². The van der Waals surface area contributed by atoms with Crippen LogP contribution in [0.4, 0.5) is 0 Å². The van der Waals surface area contributed by atoms with Crippen molar-refractivity contribution >= 4 is 86.9 Å². The van der Waals surface area contributed by atoms with Gasteiger partial charge in [0, 0.05) is 25.4 Å². The normalized spacial score (nSPS) is 10.3.